The van der Waals surface area contributed by atoms with Crippen LogP contribution in [-0.4, -0.2) is 21.8 Å². The average molecular weight is 172 g/mol. The molecule has 1 aliphatic rings. The number of carboxylic acid groups (broad SMARTS) is 1. The zero-order valence-electron chi connectivity index (χ0n) is 7.42. The van der Waals surface area contributed by atoms with Crippen molar-refractivity contribution in [2.45, 2.75) is 44.6 Å². The molecule has 0 amide bonds. The van der Waals surface area contributed by atoms with Gasteiger partial charge in [-0.2, -0.15) is 0 Å². The highest BCUT2D eigenvalue weighted by Crippen LogP contribution is 2.38. The zero-order chi connectivity index (χ0) is 9.19. The smallest absolute Gasteiger partial charge is 0.335 e. The van der Waals surface area contributed by atoms with Crippen molar-refractivity contribution in [3.8, 4) is 0 Å². The molecule has 0 spiro atoms. The maximum atomic E-state index is 10.7. The molecule has 0 bridgehead atoms. The van der Waals surface area contributed by atoms with Crippen LogP contribution in [0, 0.1) is 5.92 Å². The van der Waals surface area contributed by atoms with Crippen LogP contribution in [0.3, 0.4) is 0 Å². The van der Waals surface area contributed by atoms with E-state index < -0.39 is 11.6 Å². The van der Waals surface area contributed by atoms with Crippen LogP contribution in [0.2, 0.25) is 0 Å². The minimum Gasteiger partial charge on any atom is -0.479 e. The number of carbonyl (C=O) groups is 1. The van der Waals surface area contributed by atoms with Gasteiger partial charge in [0.2, 0.25) is 0 Å². The Bertz CT molecular complexity index is 175. The van der Waals surface area contributed by atoms with E-state index in [9.17, 15) is 9.90 Å². The molecule has 0 radical (unpaired) electrons. The van der Waals surface area contributed by atoms with Crippen molar-refractivity contribution in [3.05, 3.63) is 0 Å². The Morgan fingerprint density at radius 2 is 2.17 bits per heavy atom. The normalized spacial score (nSPS) is 21.8. The molecule has 3 nitrogen and oxygen atoms in total. The predicted octanol–water partition coefficient (Wildman–Crippen LogP) is 1.40. The van der Waals surface area contributed by atoms with E-state index in [1.165, 1.54) is 0 Å². The molecule has 1 saturated carbocycles. The van der Waals surface area contributed by atoms with Gasteiger partial charge in [0, 0.05) is 0 Å². The first-order valence-electron chi connectivity index (χ1n) is 4.54. The molecule has 1 fully saturated rings. The summed E-state index contributed by atoms with van der Waals surface area (Å²) in [5.41, 5.74) is -1.45. The van der Waals surface area contributed by atoms with Crippen LogP contribution in [0.4, 0.5) is 0 Å². The van der Waals surface area contributed by atoms with E-state index in [0.717, 1.165) is 19.3 Å². The molecule has 0 aromatic carbocycles. The summed E-state index contributed by atoms with van der Waals surface area (Å²) >= 11 is 0. The molecule has 1 aliphatic carbocycles. The predicted molar refractivity (Wildman–Crippen MR) is 44.8 cm³/mol. The number of aliphatic carboxylic acids is 1. The molecule has 1 atom stereocenters. The molecule has 1 unspecified atom stereocenters. The van der Waals surface area contributed by atoms with Crippen molar-refractivity contribution in [2.24, 2.45) is 5.92 Å². The lowest BCUT2D eigenvalue weighted by Gasteiger charge is -2.22. The molecule has 0 heterocycles. The lowest BCUT2D eigenvalue weighted by Crippen LogP contribution is -2.38. The lowest BCUT2D eigenvalue weighted by atomic mass is 9.92. The van der Waals surface area contributed by atoms with E-state index in [2.05, 4.69) is 0 Å². The first-order valence-corrected chi connectivity index (χ1v) is 4.54. The Kier molecular flexibility index (Phi) is 2.73. The second-order valence-corrected chi connectivity index (χ2v) is 3.73. The Labute approximate surface area is 72.4 Å². The van der Waals surface area contributed by atoms with Gasteiger partial charge in [-0.25, -0.2) is 4.79 Å². The van der Waals surface area contributed by atoms with E-state index in [1.807, 2.05) is 6.92 Å². The second-order valence-electron chi connectivity index (χ2n) is 3.73. The van der Waals surface area contributed by atoms with Crippen molar-refractivity contribution in [2.75, 3.05) is 0 Å². The van der Waals surface area contributed by atoms with Crippen LogP contribution in [0.5, 0.6) is 0 Å². The quantitative estimate of drug-likeness (QED) is 0.659. The summed E-state index contributed by atoms with van der Waals surface area (Å²) < 4.78 is 0. The maximum Gasteiger partial charge on any atom is 0.335 e. The van der Waals surface area contributed by atoms with Gasteiger partial charge in [-0.1, -0.05) is 26.2 Å². The number of hydrogen-bond donors (Lipinski definition) is 2. The molecule has 1 rings (SSSR count). The van der Waals surface area contributed by atoms with Gasteiger partial charge in [-0.15, -0.1) is 0 Å². The Balaban J connectivity index is 2.49. The number of rotatable bonds is 5. The third-order valence-electron chi connectivity index (χ3n) is 2.38. The number of hydrogen-bond acceptors (Lipinski definition) is 2. The van der Waals surface area contributed by atoms with Crippen LogP contribution in [0.15, 0.2) is 0 Å². The molecule has 12 heavy (non-hydrogen) atoms. The van der Waals surface area contributed by atoms with Crippen molar-refractivity contribution in [1.29, 1.82) is 0 Å². The van der Waals surface area contributed by atoms with Crippen LogP contribution in [-0.2, 0) is 4.79 Å². The fourth-order valence-electron chi connectivity index (χ4n) is 1.51. The monoisotopic (exact) mass is 172 g/mol. The Hall–Kier alpha value is -0.570. The van der Waals surface area contributed by atoms with Gasteiger partial charge in [0.25, 0.3) is 0 Å². The lowest BCUT2D eigenvalue weighted by molar-refractivity contribution is -0.160. The van der Waals surface area contributed by atoms with Crippen LogP contribution >= 0.6 is 0 Å². The first-order chi connectivity index (χ1) is 5.58. The highest BCUT2D eigenvalue weighted by Gasteiger charge is 2.40. The molecule has 0 saturated heterocycles. The topological polar surface area (TPSA) is 57.5 Å². The van der Waals surface area contributed by atoms with Crippen LogP contribution in [0.25, 0.3) is 0 Å². The summed E-state index contributed by atoms with van der Waals surface area (Å²) in [7, 11) is 0. The summed E-state index contributed by atoms with van der Waals surface area (Å²) in [6, 6.07) is 0. The van der Waals surface area contributed by atoms with Gasteiger partial charge in [-0.05, 0) is 18.8 Å². The fourth-order valence-corrected chi connectivity index (χ4v) is 1.51. The number of carboxylic acids is 1. The molecule has 0 aliphatic heterocycles. The molecule has 0 aromatic rings. The van der Waals surface area contributed by atoms with E-state index >= 15 is 0 Å². The fraction of sp³-hybridized carbons (Fsp3) is 0.889. The number of aliphatic hydroxyl groups is 1. The second kappa shape index (κ2) is 3.44. The van der Waals surface area contributed by atoms with E-state index in [0.29, 0.717) is 18.8 Å². The molecule has 2 N–H and O–H groups in total. The largest absolute Gasteiger partial charge is 0.479 e. The highest BCUT2D eigenvalue weighted by atomic mass is 16.4. The standard InChI is InChI=1S/C9H16O3/c1-2-5-9(12,8(10)11)6-7-3-4-7/h7,12H,2-6H2,1H3,(H,10,11). The zero-order valence-corrected chi connectivity index (χ0v) is 7.42. The molecule has 3 heteroatoms. The Morgan fingerprint density at radius 3 is 2.50 bits per heavy atom. The van der Waals surface area contributed by atoms with E-state index in [1.54, 1.807) is 0 Å². The van der Waals surface area contributed by atoms with Crippen molar-refractivity contribution < 1.29 is 15.0 Å². The van der Waals surface area contributed by atoms with Gasteiger partial charge in [0.05, 0.1) is 0 Å². The van der Waals surface area contributed by atoms with Gasteiger partial charge in [-0.3, -0.25) is 0 Å². The van der Waals surface area contributed by atoms with Gasteiger partial charge in [0.1, 0.15) is 0 Å². The summed E-state index contributed by atoms with van der Waals surface area (Å²) in [6.07, 6.45) is 3.70. The first kappa shape index (κ1) is 9.52. The van der Waals surface area contributed by atoms with E-state index in [4.69, 9.17) is 5.11 Å². The Morgan fingerprint density at radius 1 is 1.58 bits per heavy atom. The van der Waals surface area contributed by atoms with Gasteiger partial charge >= 0.3 is 5.97 Å². The van der Waals surface area contributed by atoms with Crippen molar-refractivity contribution in [3.63, 3.8) is 0 Å². The third kappa shape index (κ3) is 2.21. The molecular formula is C9H16O3. The third-order valence-corrected chi connectivity index (χ3v) is 2.38. The van der Waals surface area contributed by atoms with Gasteiger partial charge in [0.15, 0.2) is 5.60 Å². The van der Waals surface area contributed by atoms with Crippen LogP contribution < -0.4 is 0 Å². The molecular weight excluding hydrogens is 156 g/mol. The SMILES string of the molecule is CCCC(O)(CC1CC1)C(=O)O. The minimum absolute atomic E-state index is 0.374. The van der Waals surface area contributed by atoms with E-state index in [-0.39, 0.29) is 0 Å². The summed E-state index contributed by atoms with van der Waals surface area (Å²) in [5.74, 6) is -0.603. The van der Waals surface area contributed by atoms with Crippen molar-refractivity contribution >= 4 is 5.97 Å². The van der Waals surface area contributed by atoms with Crippen LogP contribution in [0.1, 0.15) is 39.0 Å². The summed E-state index contributed by atoms with van der Waals surface area (Å²) in [4.78, 5) is 10.7. The minimum atomic E-state index is -1.45. The average Bonchev–Trinajstić information content (AvgIpc) is 2.71. The van der Waals surface area contributed by atoms with Crippen molar-refractivity contribution in [1.82, 2.24) is 0 Å². The highest BCUT2D eigenvalue weighted by molar-refractivity contribution is 5.77. The summed E-state index contributed by atoms with van der Waals surface area (Å²) in [6.45, 7) is 1.89. The maximum absolute atomic E-state index is 10.7. The van der Waals surface area contributed by atoms with Gasteiger partial charge < -0.3 is 10.2 Å². The summed E-state index contributed by atoms with van der Waals surface area (Å²) in [5, 5.41) is 18.5. The molecule has 0 aromatic heterocycles. The molecule has 70 valence electrons.